The van der Waals surface area contributed by atoms with Crippen LogP contribution in [0.25, 0.3) is 0 Å². The summed E-state index contributed by atoms with van der Waals surface area (Å²) in [5.74, 6) is 0.577. The van der Waals surface area contributed by atoms with Gasteiger partial charge in [0.2, 0.25) is 0 Å². The molecule has 0 saturated heterocycles. The van der Waals surface area contributed by atoms with Gasteiger partial charge in [-0.15, -0.1) is 0 Å². The Morgan fingerprint density at radius 2 is 1.92 bits per heavy atom. The molecule has 2 N–H and O–H groups in total. The van der Waals surface area contributed by atoms with E-state index in [1.165, 1.54) is 19.3 Å². The molecule has 0 bridgehead atoms. The maximum absolute atomic E-state index is 11.7. The molecular formula is C19H24N4O2S. The van der Waals surface area contributed by atoms with Gasteiger partial charge < -0.3 is 15.4 Å². The maximum Gasteiger partial charge on any atom is 0.338 e. The molecule has 1 fully saturated rings. The molecule has 1 heterocycles. The van der Waals surface area contributed by atoms with E-state index in [1.807, 2.05) is 10.7 Å². The van der Waals surface area contributed by atoms with E-state index in [0.717, 1.165) is 24.3 Å². The molecule has 0 atom stereocenters. The number of carbonyl (C=O) groups excluding carboxylic acids is 1. The minimum atomic E-state index is -0.323. The average molecular weight is 372 g/mol. The van der Waals surface area contributed by atoms with E-state index in [9.17, 15) is 4.79 Å². The molecule has 2 aromatic rings. The third kappa shape index (κ3) is 4.60. The van der Waals surface area contributed by atoms with Crippen molar-refractivity contribution in [3.05, 3.63) is 42.1 Å². The molecule has 0 spiro atoms. The van der Waals surface area contributed by atoms with E-state index < -0.39 is 0 Å². The number of benzene rings is 1. The smallest absolute Gasteiger partial charge is 0.338 e. The van der Waals surface area contributed by atoms with Crippen molar-refractivity contribution in [2.75, 3.05) is 17.2 Å². The van der Waals surface area contributed by atoms with E-state index in [1.54, 1.807) is 37.4 Å². The summed E-state index contributed by atoms with van der Waals surface area (Å²) in [6, 6.07) is 9.42. The number of rotatable bonds is 5. The molecule has 1 aromatic heterocycles. The monoisotopic (exact) mass is 372 g/mol. The summed E-state index contributed by atoms with van der Waals surface area (Å²) >= 11 is 5.42. The molecule has 6 nitrogen and oxygen atoms in total. The van der Waals surface area contributed by atoms with Crippen LogP contribution in [0.1, 0.15) is 55.4 Å². The Bertz CT molecular complexity index is 751. The number of nitrogens with one attached hydrogen (secondary N) is 2. The first kappa shape index (κ1) is 18.4. The van der Waals surface area contributed by atoms with E-state index >= 15 is 0 Å². The molecule has 0 unspecified atom stereocenters. The first-order valence-electron chi connectivity index (χ1n) is 9.06. The third-order valence-electron chi connectivity index (χ3n) is 4.49. The van der Waals surface area contributed by atoms with E-state index in [0.29, 0.717) is 23.3 Å². The second kappa shape index (κ2) is 8.80. The summed E-state index contributed by atoms with van der Waals surface area (Å²) in [5.41, 5.74) is 1.32. The van der Waals surface area contributed by atoms with Crippen LogP contribution in [0.4, 0.5) is 11.5 Å². The van der Waals surface area contributed by atoms with Gasteiger partial charge in [0.15, 0.2) is 5.11 Å². The molecule has 0 radical (unpaired) electrons. The van der Waals surface area contributed by atoms with Crippen molar-refractivity contribution >= 4 is 34.8 Å². The Morgan fingerprint density at radius 3 is 2.62 bits per heavy atom. The molecule has 138 valence electrons. The minimum Gasteiger partial charge on any atom is -0.462 e. The summed E-state index contributed by atoms with van der Waals surface area (Å²) in [7, 11) is 0. The van der Waals surface area contributed by atoms with E-state index in [2.05, 4.69) is 15.7 Å². The highest BCUT2D eigenvalue weighted by atomic mass is 32.1. The highest BCUT2D eigenvalue weighted by molar-refractivity contribution is 7.80. The number of nitrogens with zero attached hydrogens (tertiary/aromatic N) is 2. The number of hydrogen-bond donors (Lipinski definition) is 2. The lowest BCUT2D eigenvalue weighted by Gasteiger charge is -2.24. The third-order valence-corrected chi connectivity index (χ3v) is 4.69. The maximum atomic E-state index is 11.7. The van der Waals surface area contributed by atoms with Gasteiger partial charge in [0.25, 0.3) is 0 Å². The number of anilines is 2. The molecule has 1 saturated carbocycles. The number of aromatic nitrogens is 2. The molecule has 1 aromatic carbocycles. The molecule has 7 heteroatoms. The van der Waals surface area contributed by atoms with Crippen molar-refractivity contribution in [1.82, 2.24) is 9.78 Å². The Morgan fingerprint density at radius 1 is 1.19 bits per heavy atom. The van der Waals surface area contributed by atoms with Crippen LogP contribution in [-0.2, 0) is 4.74 Å². The lowest BCUT2D eigenvalue weighted by atomic mass is 9.96. The molecule has 0 aliphatic heterocycles. The second-order valence-corrected chi connectivity index (χ2v) is 6.74. The Labute approximate surface area is 158 Å². The summed E-state index contributed by atoms with van der Waals surface area (Å²) in [6.45, 7) is 2.15. The first-order valence-corrected chi connectivity index (χ1v) is 9.47. The molecule has 1 aliphatic carbocycles. The highest BCUT2D eigenvalue weighted by Crippen LogP contribution is 2.29. The van der Waals surface area contributed by atoms with Crippen LogP contribution in [0.2, 0.25) is 0 Å². The van der Waals surface area contributed by atoms with Gasteiger partial charge in [-0.3, -0.25) is 0 Å². The standard InChI is InChI=1S/C19H24N4O2S/c1-2-25-18(24)14-8-10-15(11-9-14)21-19(26)22-17-12-13-20-23(17)16-6-4-3-5-7-16/h8-13,16H,2-7H2,1H3,(H2,21,22,26). The minimum absolute atomic E-state index is 0.323. The lowest BCUT2D eigenvalue weighted by Crippen LogP contribution is -2.23. The predicted octanol–water partition coefficient (Wildman–Crippen LogP) is 4.37. The summed E-state index contributed by atoms with van der Waals surface area (Å²) in [5, 5.41) is 11.3. The highest BCUT2D eigenvalue weighted by Gasteiger charge is 2.18. The Hall–Kier alpha value is -2.41. The van der Waals surface area contributed by atoms with Gasteiger partial charge in [-0.1, -0.05) is 19.3 Å². The van der Waals surface area contributed by atoms with Crippen LogP contribution in [0.15, 0.2) is 36.5 Å². The van der Waals surface area contributed by atoms with E-state index in [-0.39, 0.29) is 5.97 Å². The van der Waals surface area contributed by atoms with Crippen molar-refractivity contribution in [2.45, 2.75) is 45.1 Å². The van der Waals surface area contributed by atoms with Gasteiger partial charge >= 0.3 is 5.97 Å². The Balaban J connectivity index is 1.59. The number of hydrogen-bond acceptors (Lipinski definition) is 4. The van der Waals surface area contributed by atoms with Crippen LogP contribution in [0.3, 0.4) is 0 Å². The lowest BCUT2D eigenvalue weighted by molar-refractivity contribution is 0.0526. The molecule has 3 rings (SSSR count). The van der Waals surface area contributed by atoms with Gasteiger partial charge in [-0.2, -0.15) is 5.10 Å². The molecule has 26 heavy (non-hydrogen) atoms. The quantitative estimate of drug-likeness (QED) is 0.600. The van der Waals surface area contributed by atoms with E-state index in [4.69, 9.17) is 17.0 Å². The van der Waals surface area contributed by atoms with Gasteiger partial charge in [-0.25, -0.2) is 9.48 Å². The van der Waals surface area contributed by atoms with Gasteiger partial charge in [0.05, 0.1) is 24.4 Å². The van der Waals surface area contributed by atoms with Gasteiger partial charge in [0.1, 0.15) is 5.82 Å². The summed E-state index contributed by atoms with van der Waals surface area (Å²) < 4.78 is 7.02. The fourth-order valence-corrected chi connectivity index (χ4v) is 3.44. The molecule has 0 amide bonds. The predicted molar refractivity (Wildman–Crippen MR) is 107 cm³/mol. The van der Waals surface area contributed by atoms with Gasteiger partial charge in [-0.05, 0) is 56.2 Å². The first-order chi connectivity index (χ1) is 12.7. The summed E-state index contributed by atoms with van der Waals surface area (Å²) in [6.07, 6.45) is 7.92. The van der Waals surface area contributed by atoms with Crippen LogP contribution >= 0.6 is 12.2 Å². The molecule has 1 aliphatic rings. The zero-order chi connectivity index (χ0) is 18.4. The number of thiocarbonyl (C=S) groups is 1. The fraction of sp³-hybridized carbons (Fsp3) is 0.421. The zero-order valence-corrected chi connectivity index (χ0v) is 15.7. The second-order valence-electron chi connectivity index (χ2n) is 6.33. The number of esters is 1. The zero-order valence-electron chi connectivity index (χ0n) is 14.9. The van der Waals surface area contributed by atoms with Crippen molar-refractivity contribution in [2.24, 2.45) is 0 Å². The SMILES string of the molecule is CCOC(=O)c1ccc(NC(=S)Nc2ccnn2C2CCCCC2)cc1. The van der Waals surface area contributed by atoms with Crippen LogP contribution in [0.5, 0.6) is 0 Å². The number of ether oxygens (including phenoxy) is 1. The van der Waals surface area contributed by atoms with Crippen LogP contribution in [0, 0.1) is 0 Å². The van der Waals surface area contributed by atoms with Crippen LogP contribution < -0.4 is 10.6 Å². The largest absolute Gasteiger partial charge is 0.462 e. The molecular weight excluding hydrogens is 348 g/mol. The number of carbonyl (C=O) groups is 1. The van der Waals surface area contributed by atoms with Crippen molar-refractivity contribution in [3.8, 4) is 0 Å². The van der Waals surface area contributed by atoms with Crippen molar-refractivity contribution in [3.63, 3.8) is 0 Å². The summed E-state index contributed by atoms with van der Waals surface area (Å²) in [4.78, 5) is 11.7. The van der Waals surface area contributed by atoms with Crippen molar-refractivity contribution in [1.29, 1.82) is 0 Å². The Kier molecular flexibility index (Phi) is 6.22. The fourth-order valence-electron chi connectivity index (χ4n) is 3.21. The van der Waals surface area contributed by atoms with Crippen molar-refractivity contribution < 1.29 is 9.53 Å². The topological polar surface area (TPSA) is 68.2 Å². The van der Waals surface area contributed by atoms with Gasteiger partial charge in [0, 0.05) is 11.8 Å². The average Bonchev–Trinajstić information content (AvgIpc) is 3.11. The normalized spacial score (nSPS) is 14.7. The van der Waals surface area contributed by atoms with Crippen LogP contribution in [-0.4, -0.2) is 27.5 Å².